The van der Waals surface area contributed by atoms with Crippen LogP contribution in [0.3, 0.4) is 0 Å². The molecule has 0 saturated carbocycles. The second-order valence-corrected chi connectivity index (χ2v) is 8.73. The van der Waals surface area contributed by atoms with Crippen LogP contribution in [0.2, 0.25) is 0 Å². The number of carbonyl (C=O) groups excluding carboxylic acids is 1. The number of halogens is 1. The van der Waals surface area contributed by atoms with E-state index in [2.05, 4.69) is 10.0 Å². The number of benzene rings is 1. The Morgan fingerprint density at radius 2 is 1.71 bits per heavy atom. The van der Waals surface area contributed by atoms with Crippen LogP contribution in [0, 0.1) is 5.82 Å². The fraction of sp³-hybridized carbons (Fsp3) is 0.562. The van der Waals surface area contributed by atoms with Crippen molar-refractivity contribution in [2.75, 3.05) is 13.1 Å². The zero-order valence-electron chi connectivity index (χ0n) is 14.2. The molecule has 1 aromatic carbocycles. The van der Waals surface area contributed by atoms with Gasteiger partial charge in [-0.25, -0.2) is 22.3 Å². The standard InChI is InChI=1S/C16H24FN3O3S/c1-16(2,3)18-15(21)20-10-8-13(9-11-20)19-24(22,23)14-6-4-12(17)5-7-14/h4-7,13,19H,8-11H2,1-3H3,(H,18,21). The summed E-state index contributed by atoms with van der Waals surface area (Å²) >= 11 is 0. The van der Waals surface area contributed by atoms with E-state index < -0.39 is 15.8 Å². The molecule has 6 nitrogen and oxygen atoms in total. The number of rotatable bonds is 3. The number of piperidine rings is 1. The van der Waals surface area contributed by atoms with Gasteiger partial charge in [0.25, 0.3) is 0 Å². The molecule has 1 aliphatic heterocycles. The summed E-state index contributed by atoms with van der Waals surface area (Å²) in [5.41, 5.74) is -0.307. The van der Waals surface area contributed by atoms with Crippen LogP contribution >= 0.6 is 0 Å². The first-order valence-electron chi connectivity index (χ1n) is 7.92. The number of sulfonamides is 1. The van der Waals surface area contributed by atoms with E-state index in [0.29, 0.717) is 25.9 Å². The lowest BCUT2D eigenvalue weighted by atomic mass is 10.1. The molecule has 0 unspecified atom stereocenters. The first-order chi connectivity index (χ1) is 11.1. The monoisotopic (exact) mass is 357 g/mol. The molecule has 0 atom stereocenters. The lowest BCUT2D eigenvalue weighted by Crippen LogP contribution is -2.53. The van der Waals surface area contributed by atoms with E-state index in [1.165, 1.54) is 12.1 Å². The van der Waals surface area contributed by atoms with Crippen molar-refractivity contribution in [1.29, 1.82) is 0 Å². The van der Waals surface area contributed by atoms with Gasteiger partial charge < -0.3 is 10.2 Å². The van der Waals surface area contributed by atoms with Crippen LogP contribution < -0.4 is 10.0 Å². The van der Waals surface area contributed by atoms with Crippen molar-refractivity contribution in [2.45, 2.75) is 50.1 Å². The highest BCUT2D eigenvalue weighted by molar-refractivity contribution is 7.89. The summed E-state index contributed by atoms with van der Waals surface area (Å²) in [6, 6.07) is 4.34. The van der Waals surface area contributed by atoms with Gasteiger partial charge in [0, 0.05) is 24.7 Å². The number of hydrogen-bond acceptors (Lipinski definition) is 3. The molecular formula is C16H24FN3O3S. The lowest BCUT2D eigenvalue weighted by Gasteiger charge is -2.34. The van der Waals surface area contributed by atoms with Gasteiger partial charge in [0.2, 0.25) is 10.0 Å². The molecular weight excluding hydrogens is 333 g/mol. The number of likely N-dealkylation sites (tertiary alicyclic amines) is 1. The molecule has 1 fully saturated rings. The number of nitrogens with zero attached hydrogens (tertiary/aromatic N) is 1. The molecule has 2 amide bonds. The third-order valence-corrected chi connectivity index (χ3v) is 5.25. The van der Waals surface area contributed by atoms with E-state index in [1.54, 1.807) is 4.90 Å². The second kappa shape index (κ2) is 7.06. The Labute approximate surface area is 142 Å². The van der Waals surface area contributed by atoms with E-state index in [1.807, 2.05) is 20.8 Å². The Morgan fingerprint density at radius 3 is 2.21 bits per heavy atom. The largest absolute Gasteiger partial charge is 0.333 e. The molecule has 1 saturated heterocycles. The smallest absolute Gasteiger partial charge is 0.317 e. The van der Waals surface area contributed by atoms with Crippen molar-refractivity contribution in [3.63, 3.8) is 0 Å². The van der Waals surface area contributed by atoms with E-state index in [-0.39, 0.29) is 22.5 Å². The average molecular weight is 357 g/mol. The van der Waals surface area contributed by atoms with Crippen LogP contribution in [0.15, 0.2) is 29.2 Å². The van der Waals surface area contributed by atoms with Gasteiger partial charge >= 0.3 is 6.03 Å². The summed E-state index contributed by atoms with van der Waals surface area (Å²) in [4.78, 5) is 13.8. The molecule has 1 heterocycles. The Bertz CT molecular complexity index is 676. The van der Waals surface area contributed by atoms with Crippen LogP contribution in [0.1, 0.15) is 33.6 Å². The number of hydrogen-bond donors (Lipinski definition) is 2. The number of carbonyl (C=O) groups is 1. The third kappa shape index (κ3) is 5.17. The SMILES string of the molecule is CC(C)(C)NC(=O)N1CCC(NS(=O)(=O)c2ccc(F)cc2)CC1. The van der Waals surface area contributed by atoms with E-state index in [0.717, 1.165) is 12.1 Å². The van der Waals surface area contributed by atoms with Gasteiger partial charge in [0.1, 0.15) is 5.82 Å². The fourth-order valence-electron chi connectivity index (χ4n) is 2.50. The summed E-state index contributed by atoms with van der Waals surface area (Å²) in [6.07, 6.45) is 1.08. The molecule has 24 heavy (non-hydrogen) atoms. The first kappa shape index (κ1) is 18.7. The minimum absolute atomic E-state index is 0.0387. The summed E-state index contributed by atoms with van der Waals surface area (Å²) in [5, 5.41) is 2.90. The fourth-order valence-corrected chi connectivity index (χ4v) is 3.81. The quantitative estimate of drug-likeness (QED) is 0.869. The Hall–Kier alpha value is -1.67. The molecule has 2 N–H and O–H groups in total. The Morgan fingerprint density at radius 1 is 1.17 bits per heavy atom. The maximum Gasteiger partial charge on any atom is 0.317 e. The highest BCUT2D eigenvalue weighted by Crippen LogP contribution is 2.16. The predicted molar refractivity (Wildman–Crippen MR) is 89.6 cm³/mol. The zero-order valence-corrected chi connectivity index (χ0v) is 15.0. The molecule has 2 rings (SSSR count). The van der Waals surface area contributed by atoms with Crippen LogP contribution in [0.25, 0.3) is 0 Å². The third-order valence-electron chi connectivity index (χ3n) is 3.71. The first-order valence-corrected chi connectivity index (χ1v) is 9.40. The molecule has 134 valence electrons. The van der Waals surface area contributed by atoms with E-state index in [4.69, 9.17) is 0 Å². The normalized spacial score (nSPS) is 16.9. The summed E-state index contributed by atoms with van der Waals surface area (Å²) in [5.74, 6) is -0.480. The van der Waals surface area contributed by atoms with Crippen molar-refractivity contribution in [1.82, 2.24) is 14.9 Å². The van der Waals surface area contributed by atoms with Crippen molar-refractivity contribution in [3.05, 3.63) is 30.1 Å². The predicted octanol–water partition coefficient (Wildman–Crippen LogP) is 2.08. The number of nitrogens with one attached hydrogen (secondary N) is 2. The zero-order chi connectivity index (χ0) is 18.0. The number of amides is 2. The van der Waals surface area contributed by atoms with E-state index in [9.17, 15) is 17.6 Å². The van der Waals surface area contributed by atoms with E-state index >= 15 is 0 Å². The summed E-state index contributed by atoms with van der Waals surface area (Å²) in [7, 11) is -3.68. The van der Waals surface area contributed by atoms with Crippen molar-refractivity contribution < 1.29 is 17.6 Å². The van der Waals surface area contributed by atoms with Crippen molar-refractivity contribution in [3.8, 4) is 0 Å². The minimum Gasteiger partial charge on any atom is -0.333 e. The van der Waals surface area contributed by atoms with Gasteiger partial charge in [0.15, 0.2) is 0 Å². The maximum atomic E-state index is 12.9. The van der Waals surface area contributed by atoms with Gasteiger partial charge in [-0.3, -0.25) is 0 Å². The van der Waals surface area contributed by atoms with Crippen molar-refractivity contribution >= 4 is 16.1 Å². The molecule has 1 aliphatic rings. The summed E-state index contributed by atoms with van der Waals surface area (Å²) < 4.78 is 40.1. The molecule has 0 radical (unpaired) electrons. The van der Waals surface area contributed by atoms with Crippen LogP contribution in [-0.2, 0) is 10.0 Å². The summed E-state index contributed by atoms with van der Waals surface area (Å²) in [6.45, 7) is 6.70. The topological polar surface area (TPSA) is 78.5 Å². The molecule has 8 heteroatoms. The Kier molecular flexibility index (Phi) is 5.49. The van der Waals surface area contributed by atoms with Crippen LogP contribution in [0.4, 0.5) is 9.18 Å². The average Bonchev–Trinajstić information content (AvgIpc) is 2.46. The van der Waals surface area contributed by atoms with Crippen LogP contribution in [-0.4, -0.2) is 44.0 Å². The van der Waals surface area contributed by atoms with Crippen LogP contribution in [0.5, 0.6) is 0 Å². The highest BCUT2D eigenvalue weighted by Gasteiger charge is 2.28. The molecule has 0 spiro atoms. The van der Waals surface area contributed by atoms with Gasteiger partial charge in [-0.15, -0.1) is 0 Å². The minimum atomic E-state index is -3.68. The Balaban J connectivity index is 1.91. The van der Waals surface area contributed by atoms with Gasteiger partial charge in [-0.2, -0.15) is 0 Å². The maximum absolute atomic E-state index is 12.9. The molecule has 0 bridgehead atoms. The van der Waals surface area contributed by atoms with Gasteiger partial charge in [0.05, 0.1) is 4.90 Å². The molecule has 0 aliphatic carbocycles. The van der Waals surface area contributed by atoms with Gasteiger partial charge in [-0.05, 0) is 57.9 Å². The molecule has 1 aromatic rings. The van der Waals surface area contributed by atoms with Gasteiger partial charge in [-0.1, -0.05) is 0 Å². The number of urea groups is 1. The van der Waals surface area contributed by atoms with Crippen molar-refractivity contribution in [2.24, 2.45) is 0 Å². The lowest BCUT2D eigenvalue weighted by molar-refractivity contribution is 0.172. The molecule has 0 aromatic heterocycles. The highest BCUT2D eigenvalue weighted by atomic mass is 32.2. The second-order valence-electron chi connectivity index (χ2n) is 7.02.